The van der Waals surface area contributed by atoms with E-state index in [-0.39, 0.29) is 30.6 Å². The number of aliphatic hydroxyl groups is 1. The fourth-order valence-electron chi connectivity index (χ4n) is 6.52. The molecule has 12 heteroatoms. The molecule has 4 atom stereocenters. The van der Waals surface area contributed by atoms with Gasteiger partial charge in [0.2, 0.25) is 17.7 Å². The first-order chi connectivity index (χ1) is 23.4. The Kier molecular flexibility index (Phi) is 13.9. The number of pyridine rings is 1. The highest BCUT2D eigenvalue weighted by molar-refractivity contribution is 7.99. The monoisotopic (exact) mass is 676 g/mol. The van der Waals surface area contributed by atoms with E-state index in [4.69, 9.17) is 4.74 Å². The van der Waals surface area contributed by atoms with Crippen molar-refractivity contribution >= 4 is 29.5 Å². The average molecular weight is 677 g/mol. The molecule has 0 bridgehead atoms. The third kappa shape index (κ3) is 11.2. The summed E-state index contributed by atoms with van der Waals surface area (Å²) >= 11 is 1.45. The summed E-state index contributed by atoms with van der Waals surface area (Å²) in [7, 11) is 0. The molecule has 0 spiro atoms. The summed E-state index contributed by atoms with van der Waals surface area (Å²) in [6.07, 6.45) is 11.0. The lowest BCUT2D eigenvalue weighted by Gasteiger charge is -2.32. The van der Waals surface area contributed by atoms with Gasteiger partial charge in [0, 0.05) is 44.1 Å². The Labute approximate surface area is 287 Å². The number of aliphatic hydroxyl groups excluding tert-OH is 1. The van der Waals surface area contributed by atoms with Gasteiger partial charge in [0.1, 0.15) is 6.04 Å². The van der Waals surface area contributed by atoms with Crippen LogP contribution in [0.25, 0.3) is 0 Å². The number of H-pyrrole nitrogens is 1. The third-order valence-electron chi connectivity index (χ3n) is 9.23. The topological polar surface area (TPSA) is 150 Å². The number of nitrogens with zero attached hydrogens (tertiary/aromatic N) is 3. The molecule has 1 saturated heterocycles. The molecule has 1 aliphatic heterocycles. The number of aromatic nitrogens is 3. The van der Waals surface area contributed by atoms with Gasteiger partial charge in [0.05, 0.1) is 48.3 Å². The van der Waals surface area contributed by atoms with Crippen LogP contribution in [-0.4, -0.2) is 92.9 Å². The molecule has 48 heavy (non-hydrogen) atoms. The van der Waals surface area contributed by atoms with Crippen molar-refractivity contribution in [3.05, 3.63) is 78.5 Å². The third-order valence-corrected chi connectivity index (χ3v) is 10.3. The second-order valence-corrected chi connectivity index (χ2v) is 13.9. The number of hydrogen-bond acceptors (Lipinski definition) is 8. The zero-order valence-corrected chi connectivity index (χ0v) is 28.3. The normalized spacial score (nSPS) is 18.0. The van der Waals surface area contributed by atoms with Gasteiger partial charge >= 0.3 is 0 Å². The maximum Gasteiger partial charge on any atom is 0.243 e. The summed E-state index contributed by atoms with van der Waals surface area (Å²) in [5.74, 6) is -0.773. The maximum absolute atomic E-state index is 14.1. The molecule has 1 aliphatic carbocycles. The zero-order chi connectivity index (χ0) is 33.6. The number of benzene rings is 1. The highest BCUT2D eigenvalue weighted by atomic mass is 32.2. The quantitative estimate of drug-likeness (QED) is 0.168. The number of aromatic amines is 1. The number of imidazole rings is 1. The molecular formula is C36H48N6O5S. The van der Waals surface area contributed by atoms with E-state index in [1.54, 1.807) is 17.3 Å². The predicted octanol–water partition coefficient (Wildman–Crippen LogP) is 3.55. The minimum atomic E-state index is -0.956. The highest BCUT2D eigenvalue weighted by Gasteiger charge is 2.33. The highest BCUT2D eigenvalue weighted by Crippen LogP contribution is 2.29. The molecule has 2 aliphatic rings. The smallest absolute Gasteiger partial charge is 0.243 e. The molecule has 2 fully saturated rings. The van der Waals surface area contributed by atoms with Gasteiger partial charge in [-0.15, -0.1) is 11.8 Å². The van der Waals surface area contributed by atoms with E-state index in [0.29, 0.717) is 56.5 Å². The van der Waals surface area contributed by atoms with Crippen LogP contribution in [-0.2, 0) is 32.0 Å². The van der Waals surface area contributed by atoms with Crippen molar-refractivity contribution in [2.24, 2.45) is 11.8 Å². The Morgan fingerprint density at radius 1 is 0.958 bits per heavy atom. The largest absolute Gasteiger partial charge is 0.390 e. The minimum absolute atomic E-state index is 0.0191. The Morgan fingerprint density at radius 2 is 1.73 bits per heavy atom. The van der Waals surface area contributed by atoms with Crippen molar-refractivity contribution in [3.8, 4) is 0 Å². The molecule has 4 N–H and O–H groups in total. The van der Waals surface area contributed by atoms with Crippen LogP contribution in [0.1, 0.15) is 56.2 Å². The molecule has 1 aromatic carbocycles. The summed E-state index contributed by atoms with van der Waals surface area (Å²) in [5, 5.41) is 18.4. The molecule has 258 valence electrons. The van der Waals surface area contributed by atoms with E-state index in [9.17, 15) is 19.5 Å². The first kappa shape index (κ1) is 35.6. The number of carbonyl (C=O) groups is 3. The van der Waals surface area contributed by atoms with Crippen LogP contribution < -0.4 is 10.6 Å². The van der Waals surface area contributed by atoms with E-state index in [1.807, 2.05) is 48.5 Å². The lowest BCUT2D eigenvalue weighted by molar-refractivity contribution is -0.140. The Bertz CT molecular complexity index is 1400. The number of rotatable bonds is 16. The number of morpholine rings is 1. The van der Waals surface area contributed by atoms with Gasteiger partial charge in [-0.1, -0.05) is 68.5 Å². The van der Waals surface area contributed by atoms with Crippen LogP contribution in [0.3, 0.4) is 0 Å². The molecule has 2 aromatic heterocycles. The maximum atomic E-state index is 14.1. The second kappa shape index (κ2) is 18.7. The summed E-state index contributed by atoms with van der Waals surface area (Å²) in [6, 6.07) is 13.8. The van der Waals surface area contributed by atoms with Gasteiger partial charge in [-0.2, -0.15) is 0 Å². The molecule has 0 radical (unpaired) electrons. The number of ether oxygens (including phenoxy) is 1. The standard InChI is InChI=1S/C36H48N6O5S/c43-32(24-48-33-13-7-8-14-38-33)30(20-27-11-5-2-6-12-27)40-36(46)31(22-29-23-37-25-39-29)41-35(45)28(19-26-9-3-1-4-10-26)21-34(44)42-15-17-47-18-16-42/h1,3-4,7-10,13-14,23,25,27-28,30-32,43H,2,5-6,11-12,15-22,24H2,(H,37,39)(H,40,46)(H,41,45)/t28?,30-,31-,32+/m0/s1. The van der Waals surface area contributed by atoms with E-state index in [0.717, 1.165) is 36.3 Å². The molecule has 3 amide bonds. The summed E-state index contributed by atoms with van der Waals surface area (Å²) < 4.78 is 5.41. The van der Waals surface area contributed by atoms with Crippen molar-refractivity contribution in [1.82, 2.24) is 30.5 Å². The van der Waals surface area contributed by atoms with Gasteiger partial charge in [-0.3, -0.25) is 14.4 Å². The Morgan fingerprint density at radius 3 is 2.44 bits per heavy atom. The van der Waals surface area contributed by atoms with Gasteiger partial charge < -0.3 is 30.4 Å². The van der Waals surface area contributed by atoms with Gasteiger partial charge in [-0.25, -0.2) is 9.97 Å². The first-order valence-corrected chi connectivity index (χ1v) is 18.1. The Balaban J connectivity index is 1.32. The first-order valence-electron chi connectivity index (χ1n) is 17.1. The van der Waals surface area contributed by atoms with Crippen LogP contribution in [0.15, 0.2) is 72.3 Å². The van der Waals surface area contributed by atoms with Gasteiger partial charge in [0.25, 0.3) is 0 Å². The van der Waals surface area contributed by atoms with Crippen LogP contribution >= 0.6 is 11.8 Å². The number of amides is 3. The molecule has 11 nitrogen and oxygen atoms in total. The van der Waals surface area contributed by atoms with Crippen LogP contribution in [0.5, 0.6) is 0 Å². The number of hydrogen-bond donors (Lipinski definition) is 4. The van der Waals surface area contributed by atoms with Gasteiger partial charge in [-0.05, 0) is 36.5 Å². The summed E-state index contributed by atoms with van der Waals surface area (Å²) in [6.45, 7) is 1.93. The fraction of sp³-hybridized carbons (Fsp3) is 0.528. The molecule has 3 aromatic rings. The van der Waals surface area contributed by atoms with E-state index in [1.165, 1.54) is 24.5 Å². The van der Waals surface area contributed by atoms with Crippen molar-refractivity contribution in [2.75, 3.05) is 32.1 Å². The number of carbonyl (C=O) groups excluding carboxylic acids is 3. The van der Waals surface area contributed by atoms with Crippen molar-refractivity contribution in [2.45, 2.75) is 81.0 Å². The number of nitrogens with one attached hydrogen (secondary N) is 3. The van der Waals surface area contributed by atoms with Crippen molar-refractivity contribution in [3.63, 3.8) is 0 Å². The SMILES string of the molecule is O=C(N[C@@H](Cc1c[nH]cn1)C(=O)N[C@@H](CC1CCCCC1)[C@H](O)CSc1ccccn1)C(CC(=O)N1CCOCC1)Cc1ccccc1. The van der Waals surface area contributed by atoms with Crippen LogP contribution in [0.4, 0.5) is 0 Å². The zero-order valence-electron chi connectivity index (χ0n) is 27.5. The molecule has 3 heterocycles. The second-order valence-electron chi connectivity index (χ2n) is 12.8. The van der Waals surface area contributed by atoms with Crippen LogP contribution in [0, 0.1) is 11.8 Å². The average Bonchev–Trinajstić information content (AvgIpc) is 3.64. The van der Waals surface area contributed by atoms with E-state index in [2.05, 4.69) is 25.6 Å². The summed E-state index contributed by atoms with van der Waals surface area (Å²) in [4.78, 5) is 54.8. The van der Waals surface area contributed by atoms with Gasteiger partial charge in [0.15, 0.2) is 0 Å². The van der Waals surface area contributed by atoms with Crippen molar-refractivity contribution in [1.29, 1.82) is 0 Å². The van der Waals surface area contributed by atoms with Crippen LogP contribution in [0.2, 0.25) is 0 Å². The van der Waals surface area contributed by atoms with Crippen molar-refractivity contribution < 1.29 is 24.2 Å². The van der Waals surface area contributed by atoms with E-state index >= 15 is 0 Å². The lowest BCUT2D eigenvalue weighted by Crippen LogP contribution is -2.55. The fourth-order valence-corrected chi connectivity index (χ4v) is 7.40. The predicted molar refractivity (Wildman–Crippen MR) is 184 cm³/mol. The molecule has 1 unspecified atom stereocenters. The Hall–Kier alpha value is -3.74. The molecular weight excluding hydrogens is 628 g/mol. The molecule has 5 rings (SSSR count). The number of thioether (sulfide) groups is 1. The minimum Gasteiger partial charge on any atom is -0.390 e. The summed E-state index contributed by atoms with van der Waals surface area (Å²) in [5.41, 5.74) is 1.55. The lowest BCUT2D eigenvalue weighted by atomic mass is 9.83. The molecule has 1 saturated carbocycles. The van der Waals surface area contributed by atoms with E-state index < -0.39 is 24.1 Å².